The lowest BCUT2D eigenvalue weighted by Gasteiger charge is -2.21. The Morgan fingerprint density at radius 2 is 2.08 bits per heavy atom. The van der Waals surface area contributed by atoms with Gasteiger partial charge in [0, 0.05) is 0 Å². The summed E-state index contributed by atoms with van der Waals surface area (Å²) in [6, 6.07) is 0. The van der Waals surface area contributed by atoms with E-state index in [1.165, 1.54) is 13.0 Å². The molecular weight excluding hydrogens is 160 g/mol. The van der Waals surface area contributed by atoms with Crippen molar-refractivity contribution in [1.29, 1.82) is 0 Å². The molecule has 4 nitrogen and oxygen atoms in total. The van der Waals surface area contributed by atoms with Crippen molar-refractivity contribution in [2.24, 2.45) is 5.41 Å². The Balaban J connectivity index is 4.11. The van der Waals surface area contributed by atoms with Crippen LogP contribution < -0.4 is 0 Å². The largest absolute Gasteiger partial charge is 0.461 e. The number of esters is 1. The number of rotatable bonds is 5. The van der Waals surface area contributed by atoms with Gasteiger partial charge < -0.3 is 14.9 Å². The van der Waals surface area contributed by atoms with Crippen LogP contribution >= 0.6 is 0 Å². The number of hydrogen-bond acceptors (Lipinski definition) is 4. The molecule has 4 heteroatoms. The van der Waals surface area contributed by atoms with Gasteiger partial charge in [0.25, 0.3) is 0 Å². The average Bonchev–Trinajstić information content (AvgIpc) is 2.12. The van der Waals surface area contributed by atoms with E-state index >= 15 is 0 Å². The molecule has 0 radical (unpaired) electrons. The third-order valence-electron chi connectivity index (χ3n) is 1.52. The van der Waals surface area contributed by atoms with Crippen molar-refractivity contribution in [2.45, 2.75) is 6.92 Å². The van der Waals surface area contributed by atoms with Gasteiger partial charge in [0.1, 0.15) is 12.0 Å². The first-order chi connectivity index (χ1) is 5.60. The van der Waals surface area contributed by atoms with Crippen molar-refractivity contribution in [3.8, 4) is 0 Å². The average molecular weight is 174 g/mol. The van der Waals surface area contributed by atoms with E-state index in [1.54, 1.807) is 0 Å². The Labute approximate surface area is 71.5 Å². The van der Waals surface area contributed by atoms with Crippen LogP contribution in [0.2, 0.25) is 0 Å². The minimum absolute atomic E-state index is 0.0917. The summed E-state index contributed by atoms with van der Waals surface area (Å²) in [6.07, 6.45) is 1.42. The first-order valence-electron chi connectivity index (χ1n) is 3.60. The van der Waals surface area contributed by atoms with Crippen molar-refractivity contribution in [1.82, 2.24) is 0 Å². The smallest absolute Gasteiger partial charge is 0.316 e. The molecule has 0 saturated heterocycles. The standard InChI is InChI=1S/C8H14O4/c1-3-4-12-7(11)8(2,5-9)6-10/h3,9-10H,1,4-6H2,2H3. The summed E-state index contributed by atoms with van der Waals surface area (Å²) in [5.74, 6) is -0.618. The van der Waals surface area contributed by atoms with Crippen LogP contribution in [0.5, 0.6) is 0 Å². The van der Waals surface area contributed by atoms with E-state index in [0.717, 1.165) is 0 Å². The van der Waals surface area contributed by atoms with E-state index in [4.69, 9.17) is 10.2 Å². The molecule has 0 saturated carbocycles. The van der Waals surface area contributed by atoms with E-state index < -0.39 is 24.6 Å². The molecule has 0 spiro atoms. The summed E-state index contributed by atoms with van der Waals surface area (Å²) < 4.78 is 4.66. The van der Waals surface area contributed by atoms with Gasteiger partial charge in [0.15, 0.2) is 0 Å². The highest BCUT2D eigenvalue weighted by atomic mass is 16.5. The van der Waals surface area contributed by atoms with Gasteiger partial charge in [0.05, 0.1) is 13.2 Å². The van der Waals surface area contributed by atoms with Gasteiger partial charge in [-0.05, 0) is 6.92 Å². The highest BCUT2D eigenvalue weighted by molar-refractivity contribution is 5.76. The van der Waals surface area contributed by atoms with E-state index in [-0.39, 0.29) is 6.61 Å². The van der Waals surface area contributed by atoms with E-state index in [1.807, 2.05) is 0 Å². The zero-order chi connectivity index (χ0) is 9.61. The minimum atomic E-state index is -1.21. The van der Waals surface area contributed by atoms with Crippen molar-refractivity contribution >= 4 is 5.97 Å². The van der Waals surface area contributed by atoms with Crippen LogP contribution in [-0.4, -0.2) is 36.0 Å². The third kappa shape index (κ3) is 2.64. The molecule has 0 aliphatic heterocycles. The molecule has 0 aliphatic carbocycles. The van der Waals surface area contributed by atoms with Crippen molar-refractivity contribution in [2.75, 3.05) is 19.8 Å². The highest BCUT2D eigenvalue weighted by Gasteiger charge is 2.33. The van der Waals surface area contributed by atoms with Gasteiger partial charge in [-0.15, -0.1) is 0 Å². The van der Waals surface area contributed by atoms with Crippen LogP contribution in [0, 0.1) is 5.41 Å². The van der Waals surface area contributed by atoms with Crippen molar-refractivity contribution in [3.63, 3.8) is 0 Å². The van der Waals surface area contributed by atoms with Gasteiger partial charge in [-0.1, -0.05) is 12.7 Å². The molecule has 0 unspecified atom stereocenters. The van der Waals surface area contributed by atoms with Crippen LogP contribution in [0.4, 0.5) is 0 Å². The lowest BCUT2D eigenvalue weighted by Crippen LogP contribution is -2.37. The maximum atomic E-state index is 11.1. The van der Waals surface area contributed by atoms with E-state index in [0.29, 0.717) is 0 Å². The minimum Gasteiger partial charge on any atom is -0.461 e. The van der Waals surface area contributed by atoms with Gasteiger partial charge in [-0.2, -0.15) is 0 Å². The monoisotopic (exact) mass is 174 g/mol. The Morgan fingerprint density at radius 3 is 2.42 bits per heavy atom. The van der Waals surface area contributed by atoms with Crippen LogP contribution in [0.25, 0.3) is 0 Å². The number of aliphatic hydroxyl groups excluding tert-OH is 2. The Hall–Kier alpha value is -0.870. The molecule has 0 aromatic carbocycles. The molecular formula is C8H14O4. The molecule has 0 aromatic heterocycles. The Morgan fingerprint density at radius 1 is 1.58 bits per heavy atom. The summed E-state index contributed by atoms with van der Waals surface area (Å²) >= 11 is 0. The molecule has 2 N–H and O–H groups in total. The predicted octanol–water partition coefficient (Wildman–Crippen LogP) is -0.293. The fourth-order valence-electron chi connectivity index (χ4n) is 0.488. The molecule has 0 aromatic rings. The normalized spacial score (nSPS) is 10.9. The molecule has 0 amide bonds. The number of aliphatic hydroxyl groups is 2. The quantitative estimate of drug-likeness (QED) is 0.444. The zero-order valence-electron chi connectivity index (χ0n) is 7.12. The summed E-state index contributed by atoms with van der Waals surface area (Å²) in [6.45, 7) is 4.02. The number of carbonyl (C=O) groups is 1. The molecule has 0 bridgehead atoms. The van der Waals surface area contributed by atoms with Crippen LogP contribution in [0.15, 0.2) is 12.7 Å². The Kier molecular flexibility index (Phi) is 4.54. The number of hydrogen-bond donors (Lipinski definition) is 2. The molecule has 0 atom stereocenters. The fourth-order valence-corrected chi connectivity index (χ4v) is 0.488. The van der Waals surface area contributed by atoms with Crippen LogP contribution in [0.1, 0.15) is 6.92 Å². The molecule has 70 valence electrons. The zero-order valence-corrected chi connectivity index (χ0v) is 7.12. The lowest BCUT2D eigenvalue weighted by atomic mass is 9.93. The van der Waals surface area contributed by atoms with Gasteiger partial charge in [0.2, 0.25) is 0 Å². The molecule has 0 heterocycles. The van der Waals surface area contributed by atoms with E-state index in [9.17, 15) is 4.79 Å². The number of ether oxygens (including phenoxy) is 1. The fraction of sp³-hybridized carbons (Fsp3) is 0.625. The third-order valence-corrected chi connectivity index (χ3v) is 1.52. The maximum absolute atomic E-state index is 11.1. The van der Waals surface area contributed by atoms with Gasteiger partial charge in [-0.3, -0.25) is 4.79 Å². The second-order valence-corrected chi connectivity index (χ2v) is 2.76. The molecule has 12 heavy (non-hydrogen) atoms. The SMILES string of the molecule is C=CCOC(=O)C(C)(CO)CO. The number of carbonyl (C=O) groups excluding carboxylic acids is 1. The summed E-state index contributed by atoms with van der Waals surface area (Å²) in [7, 11) is 0. The lowest BCUT2D eigenvalue weighted by molar-refractivity contribution is -0.158. The molecule has 0 rings (SSSR count). The summed E-state index contributed by atoms with van der Waals surface area (Å²) in [4.78, 5) is 11.1. The van der Waals surface area contributed by atoms with Crippen LogP contribution in [0.3, 0.4) is 0 Å². The van der Waals surface area contributed by atoms with E-state index in [2.05, 4.69) is 11.3 Å². The van der Waals surface area contributed by atoms with Crippen molar-refractivity contribution in [3.05, 3.63) is 12.7 Å². The summed E-state index contributed by atoms with van der Waals surface area (Å²) in [5.41, 5.74) is -1.21. The maximum Gasteiger partial charge on any atom is 0.316 e. The second kappa shape index (κ2) is 4.90. The summed E-state index contributed by atoms with van der Waals surface area (Å²) in [5, 5.41) is 17.5. The Bertz CT molecular complexity index is 160. The first kappa shape index (κ1) is 11.1. The molecule has 0 aliphatic rings. The second-order valence-electron chi connectivity index (χ2n) is 2.76. The predicted molar refractivity (Wildman–Crippen MR) is 43.4 cm³/mol. The highest BCUT2D eigenvalue weighted by Crippen LogP contribution is 2.15. The topological polar surface area (TPSA) is 66.8 Å². The first-order valence-corrected chi connectivity index (χ1v) is 3.60. The van der Waals surface area contributed by atoms with Crippen molar-refractivity contribution < 1.29 is 19.7 Å². The van der Waals surface area contributed by atoms with Gasteiger partial charge >= 0.3 is 5.97 Å². The van der Waals surface area contributed by atoms with Gasteiger partial charge in [-0.25, -0.2) is 0 Å². The van der Waals surface area contributed by atoms with Crippen LogP contribution in [-0.2, 0) is 9.53 Å². The molecule has 0 fully saturated rings.